The predicted octanol–water partition coefficient (Wildman–Crippen LogP) is 3.47. The van der Waals surface area contributed by atoms with Crippen molar-refractivity contribution < 1.29 is 9.90 Å². The van der Waals surface area contributed by atoms with Gasteiger partial charge in [-0.1, -0.05) is 24.4 Å². The van der Waals surface area contributed by atoms with Crippen molar-refractivity contribution in [1.82, 2.24) is 19.9 Å². The Hall–Kier alpha value is -2.44. The molecule has 6 nitrogen and oxygen atoms in total. The average Bonchev–Trinajstić information content (AvgIpc) is 3.03. The number of carbonyl (C=O) groups excluding carboxylic acids is 1. The maximum atomic E-state index is 13.0. The Morgan fingerprint density at radius 3 is 2.86 bits per heavy atom. The van der Waals surface area contributed by atoms with Crippen molar-refractivity contribution in [1.29, 1.82) is 0 Å². The molecule has 0 saturated heterocycles. The number of pyridine rings is 2. The van der Waals surface area contributed by atoms with Gasteiger partial charge in [0.2, 0.25) is 0 Å². The quantitative estimate of drug-likeness (QED) is 0.705. The minimum absolute atomic E-state index is 0.221. The van der Waals surface area contributed by atoms with Crippen LogP contribution in [0.4, 0.5) is 0 Å². The molecular weight excluding hydrogens is 376 g/mol. The van der Waals surface area contributed by atoms with Crippen LogP contribution in [0.15, 0.2) is 36.8 Å². The van der Waals surface area contributed by atoms with Crippen LogP contribution < -0.4 is 5.32 Å². The van der Waals surface area contributed by atoms with Crippen LogP contribution in [0, 0.1) is 6.92 Å². The zero-order valence-corrected chi connectivity index (χ0v) is 16.5. The minimum Gasteiger partial charge on any atom is -0.391 e. The van der Waals surface area contributed by atoms with E-state index in [1.165, 1.54) is 0 Å². The molecule has 2 N–H and O–H groups in total. The molecule has 146 valence electrons. The molecule has 7 heteroatoms. The summed E-state index contributed by atoms with van der Waals surface area (Å²) in [6.07, 6.45) is 8.19. The van der Waals surface area contributed by atoms with E-state index in [-0.39, 0.29) is 11.9 Å². The van der Waals surface area contributed by atoms with Crippen molar-refractivity contribution in [2.75, 3.05) is 0 Å². The molecule has 2 atom stereocenters. The first-order chi connectivity index (χ1) is 13.5. The molecule has 1 saturated carbocycles. The third-order valence-electron chi connectivity index (χ3n) is 5.31. The Bertz CT molecular complexity index is 1020. The molecule has 4 rings (SSSR count). The number of rotatable bonds is 4. The van der Waals surface area contributed by atoms with Crippen molar-refractivity contribution in [3.63, 3.8) is 0 Å². The van der Waals surface area contributed by atoms with Gasteiger partial charge in [-0.2, -0.15) is 0 Å². The largest absolute Gasteiger partial charge is 0.391 e. The fourth-order valence-corrected chi connectivity index (χ4v) is 4.15. The molecule has 0 unspecified atom stereocenters. The highest BCUT2D eigenvalue weighted by atomic mass is 35.5. The summed E-state index contributed by atoms with van der Waals surface area (Å²) in [5.41, 5.74) is 3.77. The molecule has 0 aromatic carbocycles. The van der Waals surface area contributed by atoms with E-state index in [1.807, 2.05) is 23.6 Å². The molecule has 3 aromatic heterocycles. The first-order valence-corrected chi connectivity index (χ1v) is 9.94. The topological polar surface area (TPSA) is 80.0 Å². The average molecular weight is 399 g/mol. The second-order valence-electron chi connectivity index (χ2n) is 7.40. The molecule has 3 aromatic rings. The Morgan fingerprint density at radius 2 is 2.07 bits per heavy atom. The van der Waals surface area contributed by atoms with Gasteiger partial charge in [0.05, 0.1) is 28.2 Å². The Kier molecular flexibility index (Phi) is 5.33. The van der Waals surface area contributed by atoms with Gasteiger partial charge in [-0.15, -0.1) is 0 Å². The summed E-state index contributed by atoms with van der Waals surface area (Å²) in [7, 11) is 0. The third kappa shape index (κ3) is 3.75. The van der Waals surface area contributed by atoms with Gasteiger partial charge in [-0.25, -0.2) is 0 Å². The predicted molar refractivity (Wildman–Crippen MR) is 109 cm³/mol. The molecule has 0 spiro atoms. The van der Waals surface area contributed by atoms with Gasteiger partial charge < -0.3 is 15.0 Å². The summed E-state index contributed by atoms with van der Waals surface area (Å²) in [5.74, 6) is -0.227. The standard InChI is InChI=1S/C21H23ClN4O2/c1-13-10-14(6-8-23-13)11-26-12-15(19-20(26)16(22)7-9-24-19)21(28)25-17-4-2-3-5-18(17)27/h6-10,12,17-18,27H,2-5,11H2,1H3,(H,25,28)/t17-,18-/m0/s1. The number of hydrogen-bond acceptors (Lipinski definition) is 4. The number of aliphatic hydroxyl groups excluding tert-OH is 1. The van der Waals surface area contributed by atoms with E-state index in [1.54, 1.807) is 24.7 Å². The Balaban J connectivity index is 1.69. The lowest BCUT2D eigenvalue weighted by Gasteiger charge is -2.28. The lowest BCUT2D eigenvalue weighted by Crippen LogP contribution is -2.45. The summed E-state index contributed by atoms with van der Waals surface area (Å²) in [6.45, 7) is 2.50. The summed E-state index contributed by atoms with van der Waals surface area (Å²) in [5, 5.41) is 13.7. The zero-order chi connectivity index (χ0) is 19.7. The van der Waals surface area contributed by atoms with Crippen molar-refractivity contribution in [2.45, 2.75) is 51.3 Å². The van der Waals surface area contributed by atoms with Crippen LogP contribution in [0.2, 0.25) is 5.02 Å². The van der Waals surface area contributed by atoms with E-state index in [9.17, 15) is 9.90 Å². The van der Waals surface area contributed by atoms with E-state index in [0.29, 0.717) is 22.6 Å². The number of amides is 1. The minimum atomic E-state index is -0.498. The first-order valence-electron chi connectivity index (χ1n) is 9.57. The van der Waals surface area contributed by atoms with Crippen LogP contribution in [0.25, 0.3) is 11.0 Å². The fraction of sp³-hybridized carbons (Fsp3) is 0.381. The van der Waals surface area contributed by atoms with Crippen molar-refractivity contribution >= 4 is 28.5 Å². The molecule has 1 fully saturated rings. The Labute approximate surface area is 168 Å². The van der Waals surface area contributed by atoms with Gasteiger partial charge >= 0.3 is 0 Å². The molecule has 3 heterocycles. The van der Waals surface area contributed by atoms with Crippen LogP contribution in [-0.2, 0) is 6.54 Å². The van der Waals surface area contributed by atoms with Crippen LogP contribution in [0.1, 0.15) is 47.3 Å². The number of carbonyl (C=O) groups is 1. The van der Waals surface area contributed by atoms with E-state index in [2.05, 4.69) is 15.3 Å². The van der Waals surface area contributed by atoms with Gasteiger partial charge in [0, 0.05) is 30.8 Å². The van der Waals surface area contributed by atoms with Crippen LogP contribution in [0.3, 0.4) is 0 Å². The number of aliphatic hydroxyl groups is 1. The SMILES string of the molecule is Cc1cc(Cn2cc(C(=O)N[C@H]3CCCC[C@@H]3O)c3nccc(Cl)c32)ccn1. The lowest BCUT2D eigenvalue weighted by atomic mass is 9.92. The second kappa shape index (κ2) is 7.89. The van der Waals surface area contributed by atoms with Crippen molar-refractivity contribution in [2.24, 2.45) is 0 Å². The molecule has 1 aliphatic rings. The van der Waals surface area contributed by atoms with E-state index < -0.39 is 6.10 Å². The van der Waals surface area contributed by atoms with Crippen LogP contribution in [-0.4, -0.2) is 37.7 Å². The molecule has 1 amide bonds. The first kappa shape index (κ1) is 18.9. The zero-order valence-electron chi connectivity index (χ0n) is 15.7. The highest BCUT2D eigenvalue weighted by Gasteiger charge is 2.27. The molecular formula is C21H23ClN4O2. The van der Waals surface area contributed by atoms with Gasteiger partial charge in [0.25, 0.3) is 5.91 Å². The number of aryl methyl sites for hydroxylation is 1. The number of halogens is 1. The summed E-state index contributed by atoms with van der Waals surface area (Å²) < 4.78 is 1.95. The fourth-order valence-electron chi connectivity index (χ4n) is 3.90. The van der Waals surface area contributed by atoms with Crippen LogP contribution >= 0.6 is 11.6 Å². The van der Waals surface area contributed by atoms with E-state index >= 15 is 0 Å². The Morgan fingerprint density at radius 1 is 1.29 bits per heavy atom. The highest BCUT2D eigenvalue weighted by molar-refractivity contribution is 6.35. The van der Waals surface area contributed by atoms with Gasteiger partial charge in [0.15, 0.2) is 0 Å². The lowest BCUT2D eigenvalue weighted by molar-refractivity contribution is 0.0718. The number of nitrogens with zero attached hydrogens (tertiary/aromatic N) is 3. The number of fused-ring (bicyclic) bond motifs is 1. The van der Waals surface area contributed by atoms with Gasteiger partial charge in [0.1, 0.15) is 5.52 Å². The van der Waals surface area contributed by atoms with Gasteiger partial charge in [-0.05, 0) is 43.5 Å². The van der Waals surface area contributed by atoms with E-state index in [0.717, 1.165) is 42.5 Å². The molecule has 0 radical (unpaired) electrons. The number of hydrogen-bond donors (Lipinski definition) is 2. The molecule has 0 aliphatic heterocycles. The maximum absolute atomic E-state index is 13.0. The second-order valence-corrected chi connectivity index (χ2v) is 7.81. The highest BCUT2D eigenvalue weighted by Crippen LogP contribution is 2.28. The number of aromatic nitrogens is 3. The maximum Gasteiger partial charge on any atom is 0.255 e. The third-order valence-corrected chi connectivity index (χ3v) is 5.61. The van der Waals surface area contributed by atoms with Crippen molar-refractivity contribution in [3.8, 4) is 0 Å². The van der Waals surface area contributed by atoms with Gasteiger partial charge in [-0.3, -0.25) is 14.8 Å². The summed E-state index contributed by atoms with van der Waals surface area (Å²) >= 11 is 6.45. The summed E-state index contributed by atoms with van der Waals surface area (Å²) in [6, 6.07) is 5.46. The van der Waals surface area contributed by atoms with Crippen molar-refractivity contribution in [3.05, 3.63) is 58.6 Å². The molecule has 0 bridgehead atoms. The monoisotopic (exact) mass is 398 g/mol. The van der Waals surface area contributed by atoms with E-state index in [4.69, 9.17) is 11.6 Å². The summed E-state index contributed by atoms with van der Waals surface area (Å²) in [4.78, 5) is 21.6. The smallest absolute Gasteiger partial charge is 0.255 e. The van der Waals surface area contributed by atoms with Crippen LogP contribution in [0.5, 0.6) is 0 Å². The normalized spacial score (nSPS) is 19.7. The molecule has 28 heavy (non-hydrogen) atoms. The number of nitrogens with one attached hydrogen (secondary N) is 1. The molecule has 1 aliphatic carbocycles.